The molecule has 5 aromatic rings. The molecule has 3 N–H and O–H groups in total. The van der Waals surface area contributed by atoms with Crippen LogP contribution in [0.2, 0.25) is 0 Å². The molecule has 334 valence electrons. The summed E-state index contributed by atoms with van der Waals surface area (Å²) in [7, 11) is 1.64. The second kappa shape index (κ2) is 19.8. The number of hydrogen-bond acceptors (Lipinski definition) is 12. The van der Waals surface area contributed by atoms with Gasteiger partial charge in [-0.2, -0.15) is 0 Å². The van der Waals surface area contributed by atoms with Gasteiger partial charge in [-0.1, -0.05) is 42.2 Å². The third-order valence-electron chi connectivity index (χ3n) is 11.2. The molecule has 3 atom stereocenters. The molecule has 0 aliphatic carbocycles. The summed E-state index contributed by atoms with van der Waals surface area (Å²) in [6, 6.07) is 17.3. The number of hydrogen-bond donors (Lipinski definition) is 3. The third-order valence-corrected chi connectivity index (χ3v) is 12.1. The molecule has 2 saturated heterocycles. The van der Waals surface area contributed by atoms with Crippen LogP contribution in [-0.2, 0) is 26.1 Å². The van der Waals surface area contributed by atoms with Crippen LogP contribution < -0.4 is 25.6 Å². The van der Waals surface area contributed by atoms with Crippen molar-refractivity contribution >= 4 is 73.6 Å². The van der Waals surface area contributed by atoms with Crippen LogP contribution in [0.15, 0.2) is 79.5 Å². The van der Waals surface area contributed by atoms with E-state index < -0.39 is 30.6 Å². The number of anilines is 4. The molecule has 0 spiro atoms. The Kier molecular flexibility index (Phi) is 13.6. The van der Waals surface area contributed by atoms with E-state index in [0.717, 1.165) is 30.4 Å². The molecule has 3 aliphatic rings. The summed E-state index contributed by atoms with van der Waals surface area (Å²) in [6.07, 6.45) is 6.18. The highest BCUT2D eigenvalue weighted by atomic mass is 32.1. The number of ether oxygens (including phenoxy) is 4. The minimum absolute atomic E-state index is 0.0333. The van der Waals surface area contributed by atoms with Crippen molar-refractivity contribution < 1.29 is 42.9 Å². The predicted octanol–water partition coefficient (Wildman–Crippen LogP) is 7.65. The van der Waals surface area contributed by atoms with E-state index in [0.29, 0.717) is 76.9 Å². The number of benzene rings is 3. The monoisotopic (exact) mass is 890 g/mol. The van der Waals surface area contributed by atoms with Crippen molar-refractivity contribution in [3.8, 4) is 5.75 Å². The van der Waals surface area contributed by atoms with Crippen LogP contribution in [0.4, 0.5) is 27.1 Å². The summed E-state index contributed by atoms with van der Waals surface area (Å²) in [4.78, 5) is 79.3. The summed E-state index contributed by atoms with van der Waals surface area (Å²) in [5.74, 6) is -0.668. The molecular formula is C46H50N8O9S. The first-order valence-corrected chi connectivity index (χ1v) is 22.2. The van der Waals surface area contributed by atoms with Gasteiger partial charge in [-0.15, -0.1) is 0 Å². The lowest BCUT2D eigenvalue weighted by atomic mass is 10.00. The molecule has 5 amide bonds. The lowest BCUT2D eigenvalue weighted by molar-refractivity contribution is -0.198. The Balaban J connectivity index is 0.894. The summed E-state index contributed by atoms with van der Waals surface area (Å²) < 4.78 is 26.6. The molecule has 2 aromatic heterocycles. The molecule has 0 saturated carbocycles. The van der Waals surface area contributed by atoms with Crippen molar-refractivity contribution in [2.75, 3.05) is 47.2 Å². The Bertz CT molecular complexity index is 2550. The predicted molar refractivity (Wildman–Crippen MR) is 241 cm³/mol. The van der Waals surface area contributed by atoms with E-state index in [9.17, 15) is 24.0 Å². The van der Waals surface area contributed by atoms with Crippen LogP contribution in [0.25, 0.3) is 10.2 Å². The first kappa shape index (κ1) is 44.0. The van der Waals surface area contributed by atoms with Gasteiger partial charge in [-0.25, -0.2) is 19.7 Å². The van der Waals surface area contributed by atoms with E-state index in [2.05, 4.69) is 32.5 Å². The highest BCUT2D eigenvalue weighted by Gasteiger charge is 2.46. The van der Waals surface area contributed by atoms with Crippen LogP contribution in [0, 0.1) is 6.92 Å². The molecule has 5 heterocycles. The van der Waals surface area contributed by atoms with Gasteiger partial charge < -0.3 is 39.0 Å². The maximum absolute atomic E-state index is 14.2. The zero-order valence-electron chi connectivity index (χ0n) is 35.7. The fourth-order valence-electron chi connectivity index (χ4n) is 8.06. The number of para-hydroxylation sites is 1. The molecule has 2 fully saturated rings. The normalized spacial score (nSPS) is 18.3. The SMILES string of the molecule is C=CCOC(=O)N1c2cc(OCCCC(=O)Nc3cn(C)c(C(=O)Nc4nc5cc(C(=O)Nc6ccccc6)ccc5s4)n3)c(C)cc2C(=O)N2CCCC[C@H]2C1OC1CCCCO1. The number of aryl methyl sites for hydroxylation is 2. The Hall–Kier alpha value is -6.63. The number of rotatable bonds is 14. The summed E-state index contributed by atoms with van der Waals surface area (Å²) in [5, 5.41) is 8.70. The summed E-state index contributed by atoms with van der Waals surface area (Å²) >= 11 is 1.25. The van der Waals surface area contributed by atoms with Crippen LogP contribution in [0.3, 0.4) is 0 Å². The summed E-state index contributed by atoms with van der Waals surface area (Å²) in [6.45, 7) is 6.70. The van der Waals surface area contributed by atoms with Crippen molar-refractivity contribution in [2.45, 2.75) is 76.9 Å². The van der Waals surface area contributed by atoms with Gasteiger partial charge in [0, 0.05) is 50.1 Å². The highest BCUT2D eigenvalue weighted by molar-refractivity contribution is 7.22. The molecule has 3 aliphatic heterocycles. The lowest BCUT2D eigenvalue weighted by Gasteiger charge is -2.42. The topological polar surface area (TPSA) is 196 Å². The quantitative estimate of drug-likeness (QED) is 0.0732. The zero-order valence-corrected chi connectivity index (χ0v) is 36.5. The van der Waals surface area contributed by atoms with Gasteiger partial charge in [0.25, 0.3) is 17.7 Å². The number of nitrogens with one attached hydrogen (secondary N) is 3. The first-order chi connectivity index (χ1) is 31.1. The summed E-state index contributed by atoms with van der Waals surface area (Å²) in [5.41, 5.74) is 2.98. The molecule has 64 heavy (non-hydrogen) atoms. The van der Waals surface area contributed by atoms with Gasteiger partial charge in [0.1, 0.15) is 12.4 Å². The number of piperidine rings is 1. The minimum atomic E-state index is -0.870. The van der Waals surface area contributed by atoms with Gasteiger partial charge in [-0.3, -0.25) is 24.5 Å². The van der Waals surface area contributed by atoms with Gasteiger partial charge >= 0.3 is 6.09 Å². The second-order valence-electron chi connectivity index (χ2n) is 15.8. The first-order valence-electron chi connectivity index (χ1n) is 21.4. The number of carbonyl (C=O) groups excluding carboxylic acids is 5. The molecule has 0 bridgehead atoms. The van der Waals surface area contributed by atoms with E-state index in [1.54, 1.807) is 54.4 Å². The number of imidazole rings is 1. The highest BCUT2D eigenvalue weighted by Crippen LogP contribution is 2.40. The van der Waals surface area contributed by atoms with Crippen LogP contribution in [0.5, 0.6) is 5.75 Å². The van der Waals surface area contributed by atoms with Crippen molar-refractivity contribution in [3.63, 3.8) is 0 Å². The minimum Gasteiger partial charge on any atom is -0.493 e. The smallest absolute Gasteiger partial charge is 0.416 e. The standard InChI is InChI=1S/C46H50N8O9S/c1-4-21-62-46(59)54-34-26-35(28(2)24-31(34)43(58)53-20-10-8-15-33(53)44(54)63-39-17-9-11-22-61-39)60-23-12-16-38(55)49-37-27-52(3)40(50-37)42(57)51-45-48-32-25-29(18-19-36(32)64-45)41(56)47-30-13-6-5-7-14-30/h4-7,13-14,18-19,24-27,33,39,44H,1,8-12,15-17,20-23H2,2-3H3,(H,47,56)(H,49,55)(H,48,51,57)/t33-,39?,44?/m0/s1. The van der Waals surface area contributed by atoms with Crippen molar-refractivity contribution in [1.82, 2.24) is 19.4 Å². The third kappa shape index (κ3) is 9.93. The Morgan fingerprint density at radius 3 is 2.59 bits per heavy atom. The fraction of sp³-hybridized carbons (Fsp3) is 0.370. The molecule has 17 nitrogen and oxygen atoms in total. The maximum atomic E-state index is 14.2. The van der Waals surface area contributed by atoms with E-state index in [1.807, 2.05) is 25.1 Å². The van der Waals surface area contributed by atoms with E-state index in [4.69, 9.17) is 18.9 Å². The van der Waals surface area contributed by atoms with Crippen LogP contribution >= 0.6 is 11.3 Å². The van der Waals surface area contributed by atoms with Crippen molar-refractivity contribution in [2.24, 2.45) is 7.05 Å². The molecule has 18 heteroatoms. The van der Waals surface area contributed by atoms with E-state index in [-0.39, 0.29) is 49.0 Å². The number of carbonyl (C=O) groups is 5. The Labute approximate surface area is 373 Å². The molecule has 3 aromatic carbocycles. The second-order valence-corrected chi connectivity index (χ2v) is 16.8. The number of nitrogens with zero attached hydrogens (tertiary/aromatic N) is 5. The van der Waals surface area contributed by atoms with Gasteiger partial charge in [0.15, 0.2) is 23.5 Å². The molecule has 2 unspecified atom stereocenters. The molecular weight excluding hydrogens is 841 g/mol. The molecule has 0 radical (unpaired) electrons. The number of amides is 5. The van der Waals surface area contributed by atoms with E-state index >= 15 is 0 Å². The Morgan fingerprint density at radius 1 is 0.969 bits per heavy atom. The average molecular weight is 891 g/mol. The number of fused-ring (bicyclic) bond motifs is 3. The number of aromatic nitrogens is 3. The fourth-order valence-corrected chi connectivity index (χ4v) is 8.90. The molecule has 8 rings (SSSR count). The van der Waals surface area contributed by atoms with E-state index in [1.165, 1.54) is 33.1 Å². The zero-order chi connectivity index (χ0) is 44.7. The van der Waals surface area contributed by atoms with Crippen molar-refractivity contribution in [1.29, 1.82) is 0 Å². The van der Waals surface area contributed by atoms with Gasteiger partial charge in [-0.05, 0) is 93.8 Å². The Morgan fingerprint density at radius 2 is 1.80 bits per heavy atom. The maximum Gasteiger partial charge on any atom is 0.416 e. The largest absolute Gasteiger partial charge is 0.493 e. The van der Waals surface area contributed by atoms with Crippen molar-refractivity contribution in [3.05, 3.63) is 102 Å². The van der Waals surface area contributed by atoms with Gasteiger partial charge in [0.05, 0.1) is 34.1 Å². The van der Waals surface area contributed by atoms with Gasteiger partial charge in [0.2, 0.25) is 11.7 Å². The van der Waals surface area contributed by atoms with Crippen LogP contribution in [-0.4, -0.2) is 94.1 Å². The lowest BCUT2D eigenvalue weighted by Crippen LogP contribution is -2.57. The van der Waals surface area contributed by atoms with Crippen LogP contribution in [0.1, 0.15) is 88.3 Å². The average Bonchev–Trinajstić information content (AvgIpc) is 3.86. The number of thiazole rings is 1.